The van der Waals surface area contributed by atoms with E-state index in [2.05, 4.69) is 0 Å². The molecule has 0 saturated carbocycles. The van der Waals surface area contributed by atoms with Gasteiger partial charge in [-0.1, -0.05) is 12.1 Å². The van der Waals surface area contributed by atoms with Crippen molar-refractivity contribution < 1.29 is 14.0 Å². The highest BCUT2D eigenvalue weighted by Crippen LogP contribution is 2.36. The molecule has 1 heterocycles. The van der Waals surface area contributed by atoms with E-state index in [1.54, 1.807) is 7.11 Å². The van der Waals surface area contributed by atoms with E-state index in [1.807, 2.05) is 39.7 Å². The number of hydrogen-bond acceptors (Lipinski definition) is 3. The van der Waals surface area contributed by atoms with E-state index in [9.17, 15) is 0 Å². The first-order chi connectivity index (χ1) is 6.39. The highest BCUT2D eigenvalue weighted by atomic mass is 16.7. The minimum absolute atomic E-state index is 0.254. The molecule has 1 fully saturated rings. The Morgan fingerprint density at radius 3 is 2.07 bits per heavy atom. The zero-order valence-corrected chi connectivity index (χ0v) is 9.66. The maximum absolute atomic E-state index is 5.75. The molecule has 0 N–H and O–H groups in total. The average molecular weight is 198 g/mol. The minimum atomic E-state index is -0.255. The van der Waals surface area contributed by atoms with Crippen molar-refractivity contribution in [3.63, 3.8) is 0 Å². The van der Waals surface area contributed by atoms with Crippen LogP contribution in [0.15, 0.2) is 12.1 Å². The quantitative estimate of drug-likeness (QED) is 0.647. The number of ether oxygens (including phenoxy) is 1. The minimum Gasteiger partial charge on any atom is -0.400 e. The second kappa shape index (κ2) is 4.05. The maximum atomic E-state index is 5.75. The van der Waals surface area contributed by atoms with Crippen LogP contribution >= 0.6 is 0 Å². The van der Waals surface area contributed by atoms with Crippen molar-refractivity contribution in [1.29, 1.82) is 0 Å². The summed E-state index contributed by atoms with van der Waals surface area (Å²) in [4.78, 5) is 0. The molecule has 1 saturated heterocycles. The summed E-state index contributed by atoms with van der Waals surface area (Å²) in [5.41, 5.74) is -0.510. The third-order valence-corrected chi connectivity index (χ3v) is 2.83. The van der Waals surface area contributed by atoms with Crippen LogP contribution in [-0.2, 0) is 14.0 Å². The van der Waals surface area contributed by atoms with Gasteiger partial charge in [-0.25, -0.2) is 0 Å². The average Bonchev–Trinajstić information content (AvgIpc) is 2.21. The van der Waals surface area contributed by atoms with Crippen molar-refractivity contribution >= 4 is 7.12 Å². The van der Waals surface area contributed by atoms with Gasteiger partial charge in [0.1, 0.15) is 0 Å². The van der Waals surface area contributed by atoms with Crippen LogP contribution < -0.4 is 0 Å². The fourth-order valence-electron chi connectivity index (χ4n) is 1.23. The fraction of sp³-hybridized carbons (Fsp3) is 0.800. The molecule has 0 bridgehead atoms. The molecular weight excluding hydrogens is 179 g/mol. The smallest absolute Gasteiger partial charge is 0.400 e. The molecule has 0 aromatic heterocycles. The summed E-state index contributed by atoms with van der Waals surface area (Å²) < 4.78 is 16.4. The lowest BCUT2D eigenvalue weighted by Crippen LogP contribution is -2.41. The number of hydrogen-bond donors (Lipinski definition) is 0. The molecule has 1 aliphatic heterocycles. The van der Waals surface area contributed by atoms with Crippen molar-refractivity contribution in [2.45, 2.75) is 38.9 Å². The Morgan fingerprint density at radius 1 is 1.14 bits per heavy atom. The highest BCUT2D eigenvalue weighted by molar-refractivity contribution is 6.51. The van der Waals surface area contributed by atoms with Gasteiger partial charge in [-0.15, -0.1) is 0 Å². The maximum Gasteiger partial charge on any atom is 0.486 e. The van der Waals surface area contributed by atoms with Gasteiger partial charge in [0, 0.05) is 7.11 Å². The summed E-state index contributed by atoms with van der Waals surface area (Å²) in [5, 5.41) is 0. The molecular formula is C10H19BO3. The lowest BCUT2D eigenvalue weighted by atomic mass is 9.90. The van der Waals surface area contributed by atoms with Gasteiger partial charge < -0.3 is 14.0 Å². The molecule has 1 rings (SSSR count). The van der Waals surface area contributed by atoms with Crippen LogP contribution in [0.5, 0.6) is 0 Å². The van der Waals surface area contributed by atoms with Crippen LogP contribution in [0.1, 0.15) is 27.7 Å². The summed E-state index contributed by atoms with van der Waals surface area (Å²) in [5.74, 6) is 1.89. The van der Waals surface area contributed by atoms with E-state index < -0.39 is 0 Å². The normalized spacial score (nSPS) is 24.8. The van der Waals surface area contributed by atoms with Gasteiger partial charge in [-0.3, -0.25) is 0 Å². The summed E-state index contributed by atoms with van der Waals surface area (Å²) >= 11 is 0. The lowest BCUT2D eigenvalue weighted by molar-refractivity contribution is 0.00578. The largest absolute Gasteiger partial charge is 0.486 e. The molecule has 0 unspecified atom stereocenters. The van der Waals surface area contributed by atoms with Crippen molar-refractivity contribution in [3.8, 4) is 0 Å². The summed E-state index contributed by atoms with van der Waals surface area (Å²) in [6, 6.07) is 0. The second-order valence-corrected chi connectivity index (χ2v) is 4.51. The van der Waals surface area contributed by atoms with Crippen LogP contribution in [0.4, 0.5) is 0 Å². The Kier molecular flexibility index (Phi) is 3.40. The van der Waals surface area contributed by atoms with Crippen molar-refractivity contribution in [2.75, 3.05) is 13.7 Å². The molecule has 0 aliphatic carbocycles. The predicted molar refractivity (Wildman–Crippen MR) is 57.1 cm³/mol. The molecule has 0 radical (unpaired) electrons. The van der Waals surface area contributed by atoms with Crippen LogP contribution in [0.25, 0.3) is 0 Å². The van der Waals surface area contributed by atoms with Crippen LogP contribution in [0.3, 0.4) is 0 Å². The molecule has 0 aromatic carbocycles. The monoisotopic (exact) mass is 198 g/mol. The number of rotatable bonds is 3. The van der Waals surface area contributed by atoms with Crippen LogP contribution in [0, 0.1) is 0 Å². The SMILES string of the molecule is COC/C=C\B1OC(C)(C)C(C)(C)O1. The van der Waals surface area contributed by atoms with E-state index in [0.717, 1.165) is 0 Å². The second-order valence-electron chi connectivity index (χ2n) is 4.51. The zero-order valence-electron chi connectivity index (χ0n) is 9.66. The van der Waals surface area contributed by atoms with Gasteiger partial charge in [0.15, 0.2) is 0 Å². The Labute approximate surface area is 86.6 Å². The first-order valence-electron chi connectivity index (χ1n) is 4.90. The lowest BCUT2D eigenvalue weighted by Gasteiger charge is -2.32. The van der Waals surface area contributed by atoms with Gasteiger partial charge in [0.2, 0.25) is 0 Å². The van der Waals surface area contributed by atoms with E-state index in [0.29, 0.717) is 6.61 Å². The summed E-state index contributed by atoms with van der Waals surface area (Å²) in [6.45, 7) is 8.74. The van der Waals surface area contributed by atoms with Crippen LogP contribution in [0.2, 0.25) is 0 Å². The Bertz CT molecular complexity index is 207. The van der Waals surface area contributed by atoms with Gasteiger partial charge in [-0.05, 0) is 27.7 Å². The highest BCUT2D eigenvalue weighted by Gasteiger charge is 2.49. The summed E-state index contributed by atoms with van der Waals surface area (Å²) in [7, 11) is 1.41. The molecule has 80 valence electrons. The van der Waals surface area contributed by atoms with Gasteiger partial charge in [-0.2, -0.15) is 0 Å². The first-order valence-corrected chi connectivity index (χ1v) is 4.90. The van der Waals surface area contributed by atoms with Crippen LogP contribution in [-0.4, -0.2) is 32.0 Å². The standard InChI is InChI=1S/C10H19BO3/c1-9(2)10(3,4)14-11(13-9)7-6-8-12-5/h6-7H,8H2,1-5H3/b7-6-. The third-order valence-electron chi connectivity index (χ3n) is 2.83. The molecule has 14 heavy (non-hydrogen) atoms. The molecule has 0 spiro atoms. The van der Waals surface area contributed by atoms with Crippen molar-refractivity contribution in [3.05, 3.63) is 12.1 Å². The third kappa shape index (κ3) is 2.38. The van der Waals surface area contributed by atoms with Gasteiger partial charge in [0.05, 0.1) is 17.8 Å². The van der Waals surface area contributed by atoms with Gasteiger partial charge >= 0.3 is 7.12 Å². The Balaban J connectivity index is 2.55. The van der Waals surface area contributed by atoms with E-state index in [1.165, 1.54) is 0 Å². The summed E-state index contributed by atoms with van der Waals surface area (Å²) in [6.07, 6.45) is 1.90. The van der Waals surface area contributed by atoms with Gasteiger partial charge in [0.25, 0.3) is 0 Å². The van der Waals surface area contributed by atoms with E-state index in [-0.39, 0.29) is 18.3 Å². The van der Waals surface area contributed by atoms with Crippen molar-refractivity contribution in [2.24, 2.45) is 0 Å². The Hall–Kier alpha value is -0.315. The fourth-order valence-corrected chi connectivity index (χ4v) is 1.23. The number of methoxy groups -OCH3 is 1. The molecule has 0 amide bonds. The molecule has 3 nitrogen and oxygen atoms in total. The zero-order chi connectivity index (χ0) is 10.8. The van der Waals surface area contributed by atoms with E-state index >= 15 is 0 Å². The van der Waals surface area contributed by atoms with E-state index in [4.69, 9.17) is 14.0 Å². The predicted octanol–water partition coefficient (Wildman–Crippen LogP) is 1.82. The topological polar surface area (TPSA) is 27.7 Å². The first kappa shape index (κ1) is 11.8. The molecule has 0 aromatic rings. The van der Waals surface area contributed by atoms with Crippen molar-refractivity contribution in [1.82, 2.24) is 0 Å². The Morgan fingerprint density at radius 2 is 1.64 bits per heavy atom. The molecule has 4 heteroatoms. The molecule has 0 atom stereocenters. The molecule has 1 aliphatic rings.